The summed E-state index contributed by atoms with van der Waals surface area (Å²) in [5, 5.41) is 0.770. The molecule has 110 valence electrons. The molecule has 0 N–H and O–H groups in total. The largest absolute Gasteiger partial charge is 0.317 e. The van der Waals surface area contributed by atoms with Crippen molar-refractivity contribution in [2.75, 3.05) is 11.4 Å². The average molecular weight is 304 g/mol. The van der Waals surface area contributed by atoms with Crippen LogP contribution in [-0.4, -0.2) is 17.8 Å². The van der Waals surface area contributed by atoms with Crippen molar-refractivity contribution in [1.82, 2.24) is 4.98 Å². The fourth-order valence-corrected chi connectivity index (χ4v) is 3.73. The highest BCUT2D eigenvalue weighted by Crippen LogP contribution is 2.39. The molecule has 0 amide bonds. The lowest BCUT2D eigenvalue weighted by atomic mass is 9.91. The van der Waals surface area contributed by atoms with Gasteiger partial charge in [-0.15, -0.1) is 0 Å². The van der Waals surface area contributed by atoms with Gasteiger partial charge in [0.2, 0.25) is 0 Å². The van der Waals surface area contributed by atoms with Crippen LogP contribution in [0.1, 0.15) is 41.7 Å². The topological polar surface area (TPSA) is 33.2 Å². The van der Waals surface area contributed by atoms with Crippen molar-refractivity contribution in [3.63, 3.8) is 0 Å². The van der Waals surface area contributed by atoms with E-state index in [0.29, 0.717) is 4.88 Å². The number of hydrogen-bond acceptors (Lipinski definition) is 4. The van der Waals surface area contributed by atoms with Gasteiger partial charge in [-0.1, -0.05) is 38.2 Å². The van der Waals surface area contributed by atoms with Crippen LogP contribution in [-0.2, 0) is 11.8 Å². The number of carbonyl (C=O) groups excluding carboxylic acids is 1. The van der Waals surface area contributed by atoms with Crippen molar-refractivity contribution in [2.24, 2.45) is 0 Å². The molecule has 1 aliphatic heterocycles. The lowest BCUT2D eigenvalue weighted by molar-refractivity contribution is 0.112. The Morgan fingerprint density at radius 1 is 1.38 bits per heavy atom. The third-order valence-electron chi connectivity index (χ3n) is 3.63. The highest BCUT2D eigenvalue weighted by atomic mass is 32.1. The van der Waals surface area contributed by atoms with Gasteiger partial charge in [0.15, 0.2) is 11.4 Å². The molecular formula is C16H17FN2OS. The predicted octanol–water partition coefficient (Wildman–Crippen LogP) is 4.09. The van der Waals surface area contributed by atoms with Crippen LogP contribution in [0.4, 0.5) is 15.2 Å². The number of halogens is 1. The average Bonchev–Trinajstić information content (AvgIpc) is 3.00. The van der Waals surface area contributed by atoms with Crippen molar-refractivity contribution in [3.05, 3.63) is 40.2 Å². The van der Waals surface area contributed by atoms with Crippen molar-refractivity contribution in [1.29, 1.82) is 0 Å². The first-order valence-corrected chi connectivity index (χ1v) is 7.74. The van der Waals surface area contributed by atoms with E-state index in [9.17, 15) is 9.18 Å². The van der Waals surface area contributed by atoms with Gasteiger partial charge in [-0.05, 0) is 24.1 Å². The Kier molecular flexibility index (Phi) is 3.32. The van der Waals surface area contributed by atoms with E-state index in [2.05, 4.69) is 4.98 Å². The molecule has 0 saturated heterocycles. The molecule has 2 heterocycles. The Hall–Kier alpha value is -1.75. The number of fused-ring (bicyclic) bond motifs is 1. The molecule has 0 radical (unpaired) electrons. The number of anilines is 2. The number of hydrogen-bond donors (Lipinski definition) is 0. The second-order valence-electron chi connectivity index (χ2n) is 6.25. The van der Waals surface area contributed by atoms with E-state index in [1.54, 1.807) is 6.07 Å². The van der Waals surface area contributed by atoms with Crippen LogP contribution in [0.15, 0.2) is 18.2 Å². The minimum atomic E-state index is -0.246. The predicted molar refractivity (Wildman–Crippen MR) is 83.3 cm³/mol. The van der Waals surface area contributed by atoms with Crippen molar-refractivity contribution in [3.8, 4) is 0 Å². The quantitative estimate of drug-likeness (QED) is 0.784. The number of carbonyl (C=O) groups is 1. The number of nitrogens with zero attached hydrogens (tertiary/aromatic N) is 2. The molecule has 3 nitrogen and oxygen atoms in total. The second kappa shape index (κ2) is 4.91. The van der Waals surface area contributed by atoms with Gasteiger partial charge in [-0.25, -0.2) is 9.37 Å². The number of thiazole rings is 1. The molecule has 0 bridgehead atoms. The molecule has 21 heavy (non-hydrogen) atoms. The van der Waals surface area contributed by atoms with E-state index in [0.717, 1.165) is 41.3 Å². The minimum absolute atomic E-state index is 0.185. The maximum atomic E-state index is 13.5. The minimum Gasteiger partial charge on any atom is -0.317 e. The lowest BCUT2D eigenvalue weighted by Crippen LogP contribution is -2.16. The zero-order valence-corrected chi connectivity index (χ0v) is 13.1. The van der Waals surface area contributed by atoms with Crippen molar-refractivity contribution < 1.29 is 9.18 Å². The van der Waals surface area contributed by atoms with Gasteiger partial charge in [0.25, 0.3) is 0 Å². The second-order valence-corrected chi connectivity index (χ2v) is 7.26. The van der Waals surface area contributed by atoms with Gasteiger partial charge in [0, 0.05) is 17.6 Å². The summed E-state index contributed by atoms with van der Waals surface area (Å²) in [6, 6.07) is 4.85. The molecular weight excluding hydrogens is 287 g/mol. The third kappa shape index (κ3) is 2.46. The number of rotatable bonds is 2. The van der Waals surface area contributed by atoms with Crippen molar-refractivity contribution in [2.45, 2.75) is 32.6 Å². The molecule has 0 aliphatic carbocycles. The Morgan fingerprint density at radius 3 is 2.76 bits per heavy atom. The molecule has 0 unspecified atom stereocenters. The number of aldehydes is 1. The van der Waals surface area contributed by atoms with Gasteiger partial charge in [-0.2, -0.15) is 0 Å². The summed E-state index contributed by atoms with van der Waals surface area (Å²) >= 11 is 1.38. The Morgan fingerprint density at radius 2 is 2.14 bits per heavy atom. The third-order valence-corrected chi connectivity index (χ3v) is 4.64. The smallest absolute Gasteiger partial charge is 0.190 e. The lowest BCUT2D eigenvalue weighted by Gasteiger charge is -2.17. The van der Waals surface area contributed by atoms with Crippen LogP contribution in [0.3, 0.4) is 0 Å². The molecule has 0 fully saturated rings. The summed E-state index contributed by atoms with van der Waals surface area (Å²) in [6.07, 6.45) is 1.74. The first kappa shape index (κ1) is 14.2. The van der Waals surface area contributed by atoms with Gasteiger partial charge >= 0.3 is 0 Å². The van der Waals surface area contributed by atoms with E-state index >= 15 is 0 Å². The molecule has 1 aliphatic rings. The molecule has 0 atom stereocenters. The Labute approximate surface area is 127 Å². The van der Waals surface area contributed by atoms with Crippen LogP contribution < -0.4 is 4.90 Å². The van der Waals surface area contributed by atoms with E-state index in [1.165, 1.54) is 17.4 Å². The van der Waals surface area contributed by atoms with Crippen LogP contribution in [0.2, 0.25) is 0 Å². The maximum Gasteiger partial charge on any atom is 0.190 e. The molecule has 0 spiro atoms. The Bertz CT molecular complexity index is 703. The molecule has 1 aromatic heterocycles. The summed E-state index contributed by atoms with van der Waals surface area (Å²) < 4.78 is 13.5. The van der Waals surface area contributed by atoms with Gasteiger partial charge in [0.05, 0.1) is 10.6 Å². The zero-order chi connectivity index (χ0) is 15.2. The summed E-state index contributed by atoms with van der Waals surface area (Å²) in [6.45, 7) is 6.89. The normalized spacial score (nSPS) is 14.4. The van der Waals surface area contributed by atoms with E-state index in [4.69, 9.17) is 0 Å². The molecule has 5 heteroatoms. The standard InChI is InChI=1S/C16H17FN2OS/c1-16(2,3)14-13(9-20)21-15(18-14)19-7-6-10-4-5-11(17)8-12(10)19/h4-5,8-9H,6-7H2,1-3H3. The fourth-order valence-electron chi connectivity index (χ4n) is 2.60. The fraction of sp³-hybridized carbons (Fsp3) is 0.375. The zero-order valence-electron chi connectivity index (χ0n) is 12.3. The van der Waals surface area contributed by atoms with Crippen molar-refractivity contribution >= 4 is 28.4 Å². The Balaban J connectivity index is 2.06. The molecule has 2 aromatic rings. The maximum absolute atomic E-state index is 13.5. The monoisotopic (exact) mass is 304 g/mol. The highest BCUT2D eigenvalue weighted by Gasteiger charge is 2.28. The van der Waals surface area contributed by atoms with Crippen LogP contribution in [0.25, 0.3) is 0 Å². The van der Waals surface area contributed by atoms with Crippen LogP contribution in [0, 0.1) is 5.82 Å². The van der Waals surface area contributed by atoms with E-state index in [-0.39, 0.29) is 11.2 Å². The number of aromatic nitrogens is 1. The summed E-state index contributed by atoms with van der Waals surface area (Å²) in [7, 11) is 0. The summed E-state index contributed by atoms with van der Waals surface area (Å²) in [4.78, 5) is 18.6. The van der Waals surface area contributed by atoms with Crippen LogP contribution in [0.5, 0.6) is 0 Å². The first-order valence-electron chi connectivity index (χ1n) is 6.92. The van der Waals surface area contributed by atoms with E-state index < -0.39 is 0 Å². The highest BCUT2D eigenvalue weighted by molar-refractivity contribution is 7.17. The molecule has 1 aromatic carbocycles. The number of benzene rings is 1. The van der Waals surface area contributed by atoms with Gasteiger partial charge < -0.3 is 4.90 Å². The van der Waals surface area contributed by atoms with Crippen LogP contribution >= 0.6 is 11.3 Å². The van der Waals surface area contributed by atoms with Gasteiger partial charge in [0.1, 0.15) is 5.82 Å². The summed E-state index contributed by atoms with van der Waals surface area (Å²) in [5.74, 6) is -0.246. The summed E-state index contributed by atoms with van der Waals surface area (Å²) in [5.41, 5.74) is 2.61. The first-order chi connectivity index (χ1) is 9.90. The molecule has 0 saturated carbocycles. The molecule has 3 rings (SSSR count). The van der Waals surface area contributed by atoms with E-state index in [1.807, 2.05) is 31.7 Å². The van der Waals surface area contributed by atoms with Gasteiger partial charge in [-0.3, -0.25) is 4.79 Å². The SMILES string of the molecule is CC(C)(C)c1nc(N2CCc3ccc(F)cc32)sc1C=O.